The molecular weight excluding hydrogens is 257 g/mol. The molecule has 1 N–H and O–H groups in total. The van der Waals surface area contributed by atoms with Crippen molar-refractivity contribution in [2.45, 2.75) is 37.3 Å². The Kier molecular flexibility index (Phi) is 4.34. The van der Waals surface area contributed by atoms with Gasteiger partial charge in [-0.05, 0) is 43.5 Å². The monoisotopic (exact) mass is 279 g/mol. The molecular formula is C16H22FNO2. The largest absolute Gasteiger partial charge is 0.378 e. The van der Waals surface area contributed by atoms with Crippen molar-refractivity contribution < 1.29 is 13.9 Å². The van der Waals surface area contributed by atoms with Crippen molar-refractivity contribution in [3.63, 3.8) is 0 Å². The van der Waals surface area contributed by atoms with E-state index in [4.69, 9.17) is 9.47 Å². The molecule has 2 aliphatic heterocycles. The number of benzene rings is 1. The molecule has 4 heteroatoms. The quantitative estimate of drug-likeness (QED) is 0.917. The molecule has 3 rings (SSSR count). The Morgan fingerprint density at radius 2 is 2.30 bits per heavy atom. The zero-order valence-electron chi connectivity index (χ0n) is 11.7. The standard InChI is InChI=1S/C16H22FNO2/c17-14-3-1-2-13(10-14)4-7-18-15-5-8-20-16(11-15)6-9-19-12-16/h1-3,10,15,18H,4-9,11-12H2. The van der Waals surface area contributed by atoms with Gasteiger partial charge in [-0.25, -0.2) is 4.39 Å². The van der Waals surface area contributed by atoms with Gasteiger partial charge in [-0.15, -0.1) is 0 Å². The van der Waals surface area contributed by atoms with Crippen LogP contribution in [0.1, 0.15) is 24.8 Å². The van der Waals surface area contributed by atoms with Crippen molar-refractivity contribution in [1.82, 2.24) is 5.32 Å². The van der Waals surface area contributed by atoms with E-state index in [1.54, 1.807) is 12.1 Å². The lowest BCUT2D eigenvalue weighted by Crippen LogP contribution is -2.47. The highest BCUT2D eigenvalue weighted by Gasteiger charge is 2.40. The maximum Gasteiger partial charge on any atom is 0.123 e. The fraction of sp³-hybridized carbons (Fsp3) is 0.625. The molecule has 2 atom stereocenters. The first-order valence-electron chi connectivity index (χ1n) is 7.45. The second kappa shape index (κ2) is 6.20. The summed E-state index contributed by atoms with van der Waals surface area (Å²) in [4.78, 5) is 0. The smallest absolute Gasteiger partial charge is 0.123 e. The van der Waals surface area contributed by atoms with Gasteiger partial charge in [0.05, 0.1) is 12.2 Å². The normalized spacial score (nSPS) is 29.9. The van der Waals surface area contributed by atoms with Crippen LogP contribution in [0.4, 0.5) is 4.39 Å². The maximum absolute atomic E-state index is 13.1. The van der Waals surface area contributed by atoms with Crippen LogP contribution in [0.3, 0.4) is 0 Å². The van der Waals surface area contributed by atoms with Crippen molar-refractivity contribution in [1.29, 1.82) is 0 Å². The zero-order valence-corrected chi connectivity index (χ0v) is 11.7. The minimum absolute atomic E-state index is 0.0469. The van der Waals surface area contributed by atoms with Gasteiger partial charge in [-0.1, -0.05) is 12.1 Å². The van der Waals surface area contributed by atoms with E-state index in [0.29, 0.717) is 6.04 Å². The number of rotatable bonds is 4. The average Bonchev–Trinajstić information content (AvgIpc) is 2.87. The maximum atomic E-state index is 13.1. The van der Waals surface area contributed by atoms with Gasteiger partial charge in [0.1, 0.15) is 5.82 Å². The third-order valence-electron chi connectivity index (χ3n) is 4.30. The first-order valence-corrected chi connectivity index (χ1v) is 7.45. The molecule has 1 aromatic carbocycles. The first kappa shape index (κ1) is 14.0. The Morgan fingerprint density at radius 1 is 1.35 bits per heavy atom. The minimum Gasteiger partial charge on any atom is -0.378 e. The summed E-state index contributed by atoms with van der Waals surface area (Å²) in [6.45, 7) is 3.23. The Labute approximate surface area is 119 Å². The van der Waals surface area contributed by atoms with Crippen molar-refractivity contribution in [3.05, 3.63) is 35.6 Å². The Bertz CT molecular complexity index is 446. The molecule has 2 unspecified atom stereocenters. The van der Waals surface area contributed by atoms with Crippen LogP contribution in [0, 0.1) is 5.82 Å². The van der Waals surface area contributed by atoms with Crippen LogP contribution < -0.4 is 5.32 Å². The third kappa shape index (κ3) is 3.37. The number of ether oxygens (including phenoxy) is 2. The predicted molar refractivity (Wildman–Crippen MR) is 75.2 cm³/mol. The molecule has 0 bridgehead atoms. The van der Waals surface area contributed by atoms with E-state index in [-0.39, 0.29) is 11.4 Å². The van der Waals surface area contributed by atoms with E-state index < -0.39 is 0 Å². The summed E-state index contributed by atoms with van der Waals surface area (Å²) in [5, 5.41) is 3.58. The van der Waals surface area contributed by atoms with E-state index in [1.807, 2.05) is 6.07 Å². The molecule has 0 aliphatic carbocycles. The van der Waals surface area contributed by atoms with E-state index in [0.717, 1.165) is 57.6 Å². The topological polar surface area (TPSA) is 30.5 Å². The van der Waals surface area contributed by atoms with Gasteiger partial charge in [0.25, 0.3) is 0 Å². The van der Waals surface area contributed by atoms with Crippen molar-refractivity contribution in [2.75, 3.05) is 26.4 Å². The van der Waals surface area contributed by atoms with Crippen LogP contribution in [0.5, 0.6) is 0 Å². The predicted octanol–water partition coefficient (Wildman–Crippen LogP) is 2.30. The lowest BCUT2D eigenvalue weighted by molar-refractivity contribution is -0.0891. The van der Waals surface area contributed by atoms with Gasteiger partial charge >= 0.3 is 0 Å². The fourth-order valence-electron chi connectivity index (χ4n) is 3.18. The molecule has 0 aromatic heterocycles. The lowest BCUT2D eigenvalue weighted by Gasteiger charge is -2.37. The van der Waals surface area contributed by atoms with Gasteiger partial charge in [0, 0.05) is 25.7 Å². The molecule has 1 aromatic rings. The Balaban J connectivity index is 1.46. The molecule has 1 spiro atoms. The van der Waals surface area contributed by atoms with Crippen molar-refractivity contribution >= 4 is 0 Å². The van der Waals surface area contributed by atoms with Crippen LogP contribution in [-0.2, 0) is 15.9 Å². The summed E-state index contributed by atoms with van der Waals surface area (Å²) in [6.07, 6.45) is 3.94. The summed E-state index contributed by atoms with van der Waals surface area (Å²) in [5.74, 6) is -0.157. The summed E-state index contributed by atoms with van der Waals surface area (Å²) in [5.41, 5.74) is 0.998. The van der Waals surface area contributed by atoms with E-state index in [9.17, 15) is 4.39 Å². The molecule has 2 fully saturated rings. The highest BCUT2D eigenvalue weighted by atomic mass is 19.1. The molecule has 2 aliphatic rings. The Morgan fingerprint density at radius 3 is 3.10 bits per heavy atom. The summed E-state index contributed by atoms with van der Waals surface area (Å²) >= 11 is 0. The number of hydrogen-bond donors (Lipinski definition) is 1. The zero-order chi connectivity index (χ0) is 13.8. The average molecular weight is 279 g/mol. The van der Waals surface area contributed by atoms with E-state index in [2.05, 4.69) is 5.32 Å². The summed E-state index contributed by atoms with van der Waals surface area (Å²) in [6, 6.07) is 7.32. The van der Waals surface area contributed by atoms with Gasteiger partial charge in [0.15, 0.2) is 0 Å². The second-order valence-electron chi connectivity index (χ2n) is 5.86. The third-order valence-corrected chi connectivity index (χ3v) is 4.30. The fourth-order valence-corrected chi connectivity index (χ4v) is 3.18. The molecule has 0 radical (unpaired) electrons. The molecule has 110 valence electrons. The van der Waals surface area contributed by atoms with Crippen molar-refractivity contribution in [2.24, 2.45) is 0 Å². The molecule has 0 saturated carbocycles. The number of nitrogens with one attached hydrogen (secondary N) is 1. The van der Waals surface area contributed by atoms with Crippen LogP contribution in [-0.4, -0.2) is 38.0 Å². The highest BCUT2D eigenvalue weighted by molar-refractivity contribution is 5.16. The van der Waals surface area contributed by atoms with Gasteiger partial charge in [0.2, 0.25) is 0 Å². The van der Waals surface area contributed by atoms with Gasteiger partial charge in [-0.3, -0.25) is 0 Å². The van der Waals surface area contributed by atoms with Crippen LogP contribution in [0.15, 0.2) is 24.3 Å². The van der Waals surface area contributed by atoms with Crippen LogP contribution in [0.25, 0.3) is 0 Å². The van der Waals surface area contributed by atoms with Crippen LogP contribution in [0.2, 0.25) is 0 Å². The lowest BCUT2D eigenvalue weighted by atomic mass is 9.89. The van der Waals surface area contributed by atoms with E-state index in [1.165, 1.54) is 6.07 Å². The second-order valence-corrected chi connectivity index (χ2v) is 5.86. The number of halogens is 1. The van der Waals surface area contributed by atoms with E-state index >= 15 is 0 Å². The molecule has 2 saturated heterocycles. The van der Waals surface area contributed by atoms with Crippen molar-refractivity contribution in [3.8, 4) is 0 Å². The van der Waals surface area contributed by atoms with Gasteiger partial charge < -0.3 is 14.8 Å². The Hall–Kier alpha value is -0.970. The molecule has 0 amide bonds. The number of hydrogen-bond acceptors (Lipinski definition) is 3. The molecule has 20 heavy (non-hydrogen) atoms. The first-order chi connectivity index (χ1) is 9.76. The van der Waals surface area contributed by atoms with Gasteiger partial charge in [-0.2, -0.15) is 0 Å². The summed E-state index contributed by atoms with van der Waals surface area (Å²) in [7, 11) is 0. The molecule has 2 heterocycles. The van der Waals surface area contributed by atoms with Crippen LogP contribution >= 0.6 is 0 Å². The SMILES string of the molecule is Fc1cccc(CCNC2CCOC3(CCOC3)C2)c1. The highest BCUT2D eigenvalue weighted by Crippen LogP contribution is 2.32. The summed E-state index contributed by atoms with van der Waals surface area (Å²) < 4.78 is 24.5. The molecule has 3 nitrogen and oxygen atoms in total. The minimum atomic E-state index is -0.157.